The van der Waals surface area contributed by atoms with Crippen LogP contribution >= 0.6 is 23.4 Å². The molecule has 7 nitrogen and oxygen atoms in total. The molecular formula is C27H32ClN5O2S2. The second kappa shape index (κ2) is 10.5. The Morgan fingerprint density at radius 2 is 1.95 bits per heavy atom. The highest BCUT2D eigenvalue weighted by atomic mass is 35.5. The predicted octanol–water partition coefficient (Wildman–Crippen LogP) is 5.40. The fourth-order valence-corrected chi connectivity index (χ4v) is 7.12. The highest BCUT2D eigenvalue weighted by Gasteiger charge is 2.49. The van der Waals surface area contributed by atoms with Gasteiger partial charge >= 0.3 is 0 Å². The Bertz CT molecular complexity index is 1300. The monoisotopic (exact) mass is 557 g/mol. The first-order valence-corrected chi connectivity index (χ1v) is 14.8. The van der Waals surface area contributed by atoms with Crippen LogP contribution in [0, 0.1) is 5.41 Å². The average molecular weight is 558 g/mol. The van der Waals surface area contributed by atoms with Crippen molar-refractivity contribution in [3.8, 4) is 5.88 Å². The van der Waals surface area contributed by atoms with Gasteiger partial charge in [0, 0.05) is 24.2 Å². The van der Waals surface area contributed by atoms with Crippen LogP contribution in [-0.4, -0.2) is 44.1 Å². The van der Waals surface area contributed by atoms with Crippen LogP contribution in [0.15, 0.2) is 58.8 Å². The minimum Gasteiger partial charge on any atom is -0.480 e. The van der Waals surface area contributed by atoms with Crippen molar-refractivity contribution >= 4 is 40.2 Å². The summed E-state index contributed by atoms with van der Waals surface area (Å²) in [6.45, 7) is 5.87. The number of nitrogens with zero attached hydrogens (tertiary/aromatic N) is 4. The normalized spacial score (nSPS) is 19.6. The van der Waals surface area contributed by atoms with Crippen LogP contribution in [0.5, 0.6) is 5.88 Å². The molecule has 10 heteroatoms. The molecule has 0 amide bonds. The van der Waals surface area contributed by atoms with Crippen LogP contribution < -0.4 is 14.8 Å². The van der Waals surface area contributed by atoms with Crippen molar-refractivity contribution in [3.63, 3.8) is 0 Å². The maximum Gasteiger partial charge on any atom is 0.233 e. The highest BCUT2D eigenvalue weighted by molar-refractivity contribution is 7.99. The molecule has 1 spiro atoms. The molecule has 2 aromatic heterocycles. The molecule has 1 saturated heterocycles. The van der Waals surface area contributed by atoms with Crippen LogP contribution in [-0.2, 0) is 17.4 Å². The van der Waals surface area contributed by atoms with Crippen molar-refractivity contribution < 1.29 is 8.95 Å². The number of aromatic nitrogens is 3. The molecule has 1 aromatic carbocycles. The van der Waals surface area contributed by atoms with Gasteiger partial charge in [0.2, 0.25) is 5.88 Å². The van der Waals surface area contributed by atoms with E-state index in [1.807, 2.05) is 26.1 Å². The second-order valence-electron chi connectivity index (χ2n) is 10.5. The Morgan fingerprint density at radius 1 is 1.19 bits per heavy atom. The molecule has 1 aliphatic carbocycles. The van der Waals surface area contributed by atoms with Gasteiger partial charge < -0.3 is 9.64 Å². The molecule has 2 aliphatic rings. The third kappa shape index (κ3) is 5.24. The number of hydrogen-bond donors (Lipinski definition) is 1. The van der Waals surface area contributed by atoms with Crippen molar-refractivity contribution in [1.82, 2.24) is 15.0 Å². The van der Waals surface area contributed by atoms with E-state index in [4.69, 9.17) is 26.5 Å². The van der Waals surface area contributed by atoms with Crippen LogP contribution in [0.3, 0.4) is 0 Å². The number of piperidine rings is 1. The van der Waals surface area contributed by atoms with Gasteiger partial charge in [0.05, 0.1) is 35.2 Å². The van der Waals surface area contributed by atoms with Gasteiger partial charge in [-0.2, -0.15) is 0 Å². The number of benzene rings is 1. The minimum absolute atomic E-state index is 0.150. The molecule has 1 unspecified atom stereocenters. The number of pyridine rings is 1. The summed E-state index contributed by atoms with van der Waals surface area (Å²) in [5.41, 5.74) is 2.98. The minimum atomic E-state index is -1.38. The van der Waals surface area contributed by atoms with Crippen LogP contribution in [0.25, 0.3) is 0 Å². The summed E-state index contributed by atoms with van der Waals surface area (Å²) in [6, 6.07) is 10.6. The summed E-state index contributed by atoms with van der Waals surface area (Å²) in [6.07, 6.45) is 9.27. The zero-order valence-corrected chi connectivity index (χ0v) is 23.7. The van der Waals surface area contributed by atoms with Gasteiger partial charge in [0.25, 0.3) is 0 Å². The van der Waals surface area contributed by atoms with Gasteiger partial charge in [0.1, 0.15) is 15.9 Å². The summed E-state index contributed by atoms with van der Waals surface area (Å²) < 4.78 is 17.1. The van der Waals surface area contributed by atoms with Crippen molar-refractivity contribution in [2.45, 2.75) is 60.1 Å². The maximum absolute atomic E-state index is 12.3. The summed E-state index contributed by atoms with van der Waals surface area (Å²) in [5.74, 6) is 1.63. The molecule has 5 rings (SSSR count). The number of nitrogens with two attached hydrogens (primary N) is 1. The van der Waals surface area contributed by atoms with Crippen LogP contribution in [0.4, 0.5) is 5.82 Å². The first-order valence-electron chi connectivity index (χ1n) is 12.4. The van der Waals surface area contributed by atoms with E-state index in [0.29, 0.717) is 16.8 Å². The van der Waals surface area contributed by atoms with Gasteiger partial charge in [0.15, 0.2) is 0 Å². The Hall–Kier alpha value is -2.20. The summed E-state index contributed by atoms with van der Waals surface area (Å²) in [7, 11) is 0.171. The van der Waals surface area contributed by atoms with E-state index < -0.39 is 15.7 Å². The molecule has 37 heavy (non-hydrogen) atoms. The predicted molar refractivity (Wildman–Crippen MR) is 150 cm³/mol. The standard InChI is InChI=1S/C27H32ClN5O2S2/c1-26(2,37(29)34)15-20-19-7-5-4-6-18(19)14-27(20)9-12-33(13-10-27)22-16-32-23(17-31-22)36-21-8-11-30-25(35-3)24(21)28/h4-8,11,16-17,20H,9-10,12-15,29H2,1-3H3/t20-,37?/m1/s1. The van der Waals surface area contributed by atoms with E-state index >= 15 is 0 Å². The third-order valence-corrected chi connectivity index (χ3v) is 10.6. The smallest absolute Gasteiger partial charge is 0.233 e. The molecule has 1 fully saturated rings. The number of hydrogen-bond acceptors (Lipinski definition) is 7. The molecule has 2 atom stereocenters. The summed E-state index contributed by atoms with van der Waals surface area (Å²) in [4.78, 5) is 16.6. The van der Waals surface area contributed by atoms with E-state index in [1.165, 1.54) is 22.9 Å². The molecular weight excluding hydrogens is 526 g/mol. The van der Waals surface area contributed by atoms with E-state index in [-0.39, 0.29) is 5.41 Å². The van der Waals surface area contributed by atoms with E-state index in [9.17, 15) is 4.21 Å². The zero-order chi connectivity index (χ0) is 26.2. The fourth-order valence-electron chi connectivity index (χ4n) is 5.74. The van der Waals surface area contributed by atoms with Gasteiger partial charge in [-0.05, 0) is 68.1 Å². The quantitative estimate of drug-likeness (QED) is 0.415. The van der Waals surface area contributed by atoms with Gasteiger partial charge in [-0.3, -0.25) is 5.14 Å². The van der Waals surface area contributed by atoms with E-state index in [0.717, 1.165) is 54.5 Å². The van der Waals surface area contributed by atoms with E-state index in [2.05, 4.69) is 39.1 Å². The molecule has 3 aromatic rings. The lowest BCUT2D eigenvalue weighted by Crippen LogP contribution is -2.45. The second-order valence-corrected chi connectivity index (χ2v) is 13.6. The Balaban J connectivity index is 1.30. The number of fused-ring (bicyclic) bond motifs is 1. The molecule has 2 N–H and O–H groups in total. The number of ether oxygens (including phenoxy) is 1. The number of rotatable bonds is 7. The largest absolute Gasteiger partial charge is 0.480 e. The first kappa shape index (κ1) is 26.4. The molecule has 1 aliphatic heterocycles. The SMILES string of the molecule is COc1nccc(Sc2cnc(N3CCC4(CC3)Cc3ccccc3[C@H]4CC(C)(C)S(N)=O)cn2)c1Cl. The summed E-state index contributed by atoms with van der Waals surface area (Å²) >= 11 is 7.82. The van der Waals surface area contributed by atoms with Crippen molar-refractivity contribution in [3.05, 3.63) is 65.1 Å². The van der Waals surface area contributed by atoms with Crippen molar-refractivity contribution in [2.75, 3.05) is 25.1 Å². The van der Waals surface area contributed by atoms with Crippen LogP contribution in [0.2, 0.25) is 5.02 Å². The Labute approximate surface area is 230 Å². The maximum atomic E-state index is 12.3. The molecule has 0 bridgehead atoms. The average Bonchev–Trinajstić information content (AvgIpc) is 3.18. The molecule has 196 valence electrons. The number of halogens is 1. The third-order valence-electron chi connectivity index (χ3n) is 7.88. The van der Waals surface area contributed by atoms with Crippen LogP contribution in [0.1, 0.15) is 50.2 Å². The molecule has 0 saturated carbocycles. The first-order chi connectivity index (χ1) is 17.7. The Kier molecular flexibility index (Phi) is 7.51. The fraction of sp³-hybridized carbons (Fsp3) is 0.444. The lowest BCUT2D eigenvalue weighted by atomic mass is 9.67. The lowest BCUT2D eigenvalue weighted by molar-refractivity contribution is 0.170. The molecule has 3 heterocycles. The van der Waals surface area contributed by atoms with Crippen molar-refractivity contribution in [2.24, 2.45) is 10.6 Å². The summed E-state index contributed by atoms with van der Waals surface area (Å²) in [5, 5.41) is 7.13. The van der Waals surface area contributed by atoms with Crippen molar-refractivity contribution in [1.29, 1.82) is 0 Å². The topological polar surface area (TPSA) is 94.2 Å². The van der Waals surface area contributed by atoms with Gasteiger partial charge in [-0.1, -0.05) is 47.6 Å². The lowest BCUT2D eigenvalue weighted by Gasteiger charge is -2.45. The van der Waals surface area contributed by atoms with Gasteiger partial charge in [-0.15, -0.1) is 0 Å². The number of anilines is 1. The zero-order valence-electron chi connectivity index (χ0n) is 21.3. The van der Waals surface area contributed by atoms with Gasteiger partial charge in [-0.25, -0.2) is 19.2 Å². The van der Waals surface area contributed by atoms with E-state index in [1.54, 1.807) is 19.5 Å². The highest BCUT2D eigenvalue weighted by Crippen LogP contribution is 2.56. The Morgan fingerprint density at radius 3 is 2.62 bits per heavy atom. The molecule has 0 radical (unpaired) electrons. The number of methoxy groups -OCH3 is 1.